The van der Waals surface area contributed by atoms with Crippen LogP contribution in [0.15, 0.2) is 10.7 Å². The predicted octanol–water partition coefficient (Wildman–Crippen LogP) is 2.20. The van der Waals surface area contributed by atoms with Gasteiger partial charge in [0.05, 0.1) is 4.47 Å². The second-order valence-corrected chi connectivity index (χ2v) is 5.35. The number of halogens is 1. The lowest BCUT2D eigenvalue weighted by atomic mass is 10.2. The number of thioether (sulfide) groups is 1. The molecule has 0 spiro atoms. The molecule has 1 fully saturated rings. The number of nitrogens with zero attached hydrogens (tertiary/aromatic N) is 2. The number of anilines is 2. The lowest BCUT2D eigenvalue weighted by Crippen LogP contribution is -2.19. The van der Waals surface area contributed by atoms with Crippen LogP contribution < -0.4 is 10.6 Å². The van der Waals surface area contributed by atoms with E-state index in [1.54, 1.807) is 6.20 Å². The van der Waals surface area contributed by atoms with Gasteiger partial charge in [-0.25, -0.2) is 4.98 Å². The second-order valence-electron chi connectivity index (χ2n) is 3.35. The van der Waals surface area contributed by atoms with Gasteiger partial charge in [0.1, 0.15) is 5.82 Å². The molecule has 1 aromatic heterocycles. The molecule has 15 heavy (non-hydrogen) atoms. The quantitative estimate of drug-likeness (QED) is 0.893. The lowest BCUT2D eigenvalue weighted by Gasteiger charge is -2.13. The van der Waals surface area contributed by atoms with Crippen molar-refractivity contribution in [1.82, 2.24) is 9.97 Å². The van der Waals surface area contributed by atoms with E-state index in [-0.39, 0.29) is 0 Å². The van der Waals surface area contributed by atoms with Gasteiger partial charge in [0.2, 0.25) is 5.95 Å². The van der Waals surface area contributed by atoms with Crippen LogP contribution in [0.25, 0.3) is 0 Å². The number of nitrogens with one attached hydrogen (secondary N) is 2. The molecule has 1 saturated heterocycles. The van der Waals surface area contributed by atoms with E-state index in [9.17, 15) is 0 Å². The van der Waals surface area contributed by atoms with Gasteiger partial charge in [0, 0.05) is 25.0 Å². The number of hydrogen-bond donors (Lipinski definition) is 2. The Morgan fingerprint density at radius 1 is 1.60 bits per heavy atom. The van der Waals surface area contributed by atoms with Crippen LogP contribution in [0, 0.1) is 0 Å². The fourth-order valence-electron chi connectivity index (χ4n) is 1.43. The molecular weight excluding hydrogens is 276 g/mol. The average Bonchev–Trinajstić information content (AvgIpc) is 2.74. The molecule has 2 rings (SSSR count). The van der Waals surface area contributed by atoms with Gasteiger partial charge >= 0.3 is 0 Å². The molecule has 82 valence electrons. The third-order valence-corrected chi connectivity index (χ3v) is 3.98. The van der Waals surface area contributed by atoms with E-state index in [1.165, 1.54) is 12.2 Å². The van der Waals surface area contributed by atoms with Crippen molar-refractivity contribution in [1.29, 1.82) is 0 Å². The third kappa shape index (κ3) is 2.75. The van der Waals surface area contributed by atoms with Gasteiger partial charge in [0.25, 0.3) is 0 Å². The van der Waals surface area contributed by atoms with Gasteiger partial charge < -0.3 is 10.6 Å². The topological polar surface area (TPSA) is 49.8 Å². The van der Waals surface area contributed by atoms with Crippen LogP contribution in [-0.4, -0.2) is 34.6 Å². The number of aromatic nitrogens is 2. The van der Waals surface area contributed by atoms with Crippen molar-refractivity contribution in [2.45, 2.75) is 12.5 Å². The highest BCUT2D eigenvalue weighted by atomic mass is 79.9. The summed E-state index contributed by atoms with van der Waals surface area (Å²) in [5, 5.41) is 6.36. The van der Waals surface area contributed by atoms with Gasteiger partial charge in [-0.3, -0.25) is 0 Å². The van der Waals surface area contributed by atoms with Gasteiger partial charge in [-0.15, -0.1) is 0 Å². The molecule has 0 amide bonds. The Morgan fingerprint density at radius 3 is 3.13 bits per heavy atom. The molecule has 2 N–H and O–H groups in total. The molecule has 0 aliphatic carbocycles. The molecule has 1 unspecified atom stereocenters. The normalized spacial score (nSPS) is 20.3. The monoisotopic (exact) mass is 288 g/mol. The van der Waals surface area contributed by atoms with Gasteiger partial charge in [0.15, 0.2) is 0 Å². The summed E-state index contributed by atoms with van der Waals surface area (Å²) in [4.78, 5) is 8.48. The minimum Gasteiger partial charge on any atom is -0.365 e. The van der Waals surface area contributed by atoms with E-state index >= 15 is 0 Å². The molecule has 4 nitrogen and oxygen atoms in total. The molecule has 0 bridgehead atoms. The van der Waals surface area contributed by atoms with Crippen molar-refractivity contribution in [3.8, 4) is 0 Å². The van der Waals surface area contributed by atoms with Crippen molar-refractivity contribution >= 4 is 39.5 Å². The SMILES string of the molecule is CNc1ncc(Br)c(NC2CCSC2)n1. The summed E-state index contributed by atoms with van der Waals surface area (Å²) in [6, 6.07) is 0.533. The summed E-state index contributed by atoms with van der Waals surface area (Å²) in [5.74, 6) is 3.91. The number of rotatable bonds is 3. The van der Waals surface area contributed by atoms with E-state index in [1.807, 2.05) is 18.8 Å². The Kier molecular flexibility index (Phi) is 3.69. The standard InChI is InChI=1S/C9H13BrN4S/c1-11-9-12-4-7(10)8(14-9)13-6-2-3-15-5-6/h4,6H,2-3,5H2,1H3,(H2,11,12,13,14). The summed E-state index contributed by atoms with van der Waals surface area (Å²) < 4.78 is 0.915. The van der Waals surface area contributed by atoms with Crippen LogP contribution >= 0.6 is 27.7 Å². The molecular formula is C9H13BrN4S. The predicted molar refractivity (Wildman–Crippen MR) is 68.6 cm³/mol. The molecule has 0 saturated carbocycles. The summed E-state index contributed by atoms with van der Waals surface area (Å²) in [6.45, 7) is 0. The average molecular weight is 289 g/mol. The fourth-order valence-corrected chi connectivity index (χ4v) is 2.89. The molecule has 6 heteroatoms. The van der Waals surface area contributed by atoms with Crippen LogP contribution in [0.3, 0.4) is 0 Å². The van der Waals surface area contributed by atoms with Crippen molar-refractivity contribution in [2.75, 3.05) is 29.2 Å². The highest BCUT2D eigenvalue weighted by molar-refractivity contribution is 9.10. The fraction of sp³-hybridized carbons (Fsp3) is 0.556. The lowest BCUT2D eigenvalue weighted by molar-refractivity contribution is 0.804. The Balaban J connectivity index is 2.11. The Hall–Kier alpha value is -0.490. The second kappa shape index (κ2) is 5.03. The first-order chi connectivity index (χ1) is 7.29. The maximum Gasteiger partial charge on any atom is 0.224 e. The smallest absolute Gasteiger partial charge is 0.224 e. The molecule has 1 aromatic rings. The molecule has 2 heterocycles. The first-order valence-corrected chi connectivity index (χ1v) is 6.79. The minimum atomic E-state index is 0.533. The zero-order valence-corrected chi connectivity index (χ0v) is 10.9. The Morgan fingerprint density at radius 2 is 2.47 bits per heavy atom. The molecule has 0 aromatic carbocycles. The van der Waals surface area contributed by atoms with Crippen LogP contribution in [-0.2, 0) is 0 Å². The summed E-state index contributed by atoms with van der Waals surface area (Å²) in [5.41, 5.74) is 0. The highest BCUT2D eigenvalue weighted by Gasteiger charge is 2.16. The minimum absolute atomic E-state index is 0.533. The van der Waals surface area contributed by atoms with Crippen LogP contribution in [0.1, 0.15) is 6.42 Å². The maximum atomic E-state index is 4.36. The zero-order chi connectivity index (χ0) is 10.7. The van der Waals surface area contributed by atoms with E-state index < -0.39 is 0 Å². The Bertz CT molecular complexity index is 341. The van der Waals surface area contributed by atoms with E-state index in [0.29, 0.717) is 12.0 Å². The maximum absolute atomic E-state index is 4.36. The van der Waals surface area contributed by atoms with Crippen LogP contribution in [0.4, 0.5) is 11.8 Å². The van der Waals surface area contributed by atoms with Gasteiger partial charge in [-0.1, -0.05) is 0 Å². The summed E-state index contributed by atoms with van der Waals surface area (Å²) in [6.07, 6.45) is 2.97. The van der Waals surface area contributed by atoms with E-state index in [0.717, 1.165) is 16.0 Å². The van der Waals surface area contributed by atoms with E-state index in [4.69, 9.17) is 0 Å². The largest absolute Gasteiger partial charge is 0.365 e. The van der Waals surface area contributed by atoms with Crippen LogP contribution in [0.2, 0.25) is 0 Å². The highest BCUT2D eigenvalue weighted by Crippen LogP contribution is 2.25. The van der Waals surface area contributed by atoms with Crippen molar-refractivity contribution in [3.05, 3.63) is 10.7 Å². The summed E-state index contributed by atoms with van der Waals surface area (Å²) >= 11 is 5.43. The third-order valence-electron chi connectivity index (χ3n) is 2.24. The Labute approximate surface area is 102 Å². The van der Waals surface area contributed by atoms with Crippen molar-refractivity contribution < 1.29 is 0 Å². The molecule has 1 aliphatic heterocycles. The summed E-state index contributed by atoms with van der Waals surface area (Å²) in [7, 11) is 1.82. The van der Waals surface area contributed by atoms with Gasteiger partial charge in [-0.05, 0) is 28.1 Å². The molecule has 0 radical (unpaired) electrons. The van der Waals surface area contributed by atoms with Crippen molar-refractivity contribution in [3.63, 3.8) is 0 Å². The number of hydrogen-bond acceptors (Lipinski definition) is 5. The van der Waals surface area contributed by atoms with Crippen LogP contribution in [0.5, 0.6) is 0 Å². The van der Waals surface area contributed by atoms with Gasteiger partial charge in [-0.2, -0.15) is 16.7 Å². The van der Waals surface area contributed by atoms with Crippen molar-refractivity contribution in [2.24, 2.45) is 0 Å². The first-order valence-electron chi connectivity index (χ1n) is 4.84. The molecule has 1 aliphatic rings. The first kappa shape index (κ1) is 11.0. The molecule has 1 atom stereocenters. The van der Waals surface area contributed by atoms with E-state index in [2.05, 4.69) is 36.5 Å². The zero-order valence-electron chi connectivity index (χ0n) is 8.46.